The summed E-state index contributed by atoms with van der Waals surface area (Å²) in [6.45, 7) is 2.82. The van der Waals surface area contributed by atoms with Crippen molar-refractivity contribution < 1.29 is 9.18 Å². The van der Waals surface area contributed by atoms with Gasteiger partial charge in [0.25, 0.3) is 5.91 Å². The number of nitrogens with zero attached hydrogens (tertiary/aromatic N) is 2. The highest BCUT2D eigenvalue weighted by Gasteiger charge is 2.25. The van der Waals surface area contributed by atoms with Gasteiger partial charge < -0.3 is 4.90 Å². The molecule has 1 fully saturated rings. The molecule has 2 heterocycles. The summed E-state index contributed by atoms with van der Waals surface area (Å²) in [5, 5.41) is 0.716. The van der Waals surface area contributed by atoms with E-state index in [4.69, 9.17) is 0 Å². The highest BCUT2D eigenvalue weighted by molar-refractivity contribution is 5.95. The third-order valence-electron chi connectivity index (χ3n) is 3.95. The van der Waals surface area contributed by atoms with E-state index < -0.39 is 0 Å². The van der Waals surface area contributed by atoms with Crippen LogP contribution in [0.1, 0.15) is 36.7 Å². The number of aromatic nitrogens is 1. The topological polar surface area (TPSA) is 33.2 Å². The zero-order chi connectivity index (χ0) is 14.1. The second-order valence-electron chi connectivity index (χ2n) is 5.35. The van der Waals surface area contributed by atoms with Gasteiger partial charge in [-0.3, -0.25) is 4.79 Å². The van der Waals surface area contributed by atoms with Crippen LogP contribution < -0.4 is 0 Å². The molecule has 0 saturated carbocycles. The van der Waals surface area contributed by atoms with Crippen molar-refractivity contribution >= 4 is 16.8 Å². The SMILES string of the molecule is CC1CCCCN1C(=O)c1ccc2cccc(F)c2n1. The molecule has 0 spiro atoms. The second kappa shape index (κ2) is 5.19. The number of hydrogen-bond donors (Lipinski definition) is 0. The zero-order valence-corrected chi connectivity index (χ0v) is 11.5. The molecule has 4 heteroatoms. The van der Waals surface area contributed by atoms with Gasteiger partial charge in [0.2, 0.25) is 0 Å². The van der Waals surface area contributed by atoms with E-state index >= 15 is 0 Å². The van der Waals surface area contributed by atoms with Crippen molar-refractivity contribution in [2.24, 2.45) is 0 Å². The Morgan fingerprint density at radius 2 is 2.15 bits per heavy atom. The Bertz CT molecular complexity index is 656. The van der Waals surface area contributed by atoms with Gasteiger partial charge in [0.1, 0.15) is 17.0 Å². The van der Waals surface area contributed by atoms with E-state index in [1.165, 1.54) is 6.07 Å². The Labute approximate surface area is 117 Å². The number of likely N-dealkylation sites (tertiary alicyclic amines) is 1. The molecule has 0 bridgehead atoms. The summed E-state index contributed by atoms with van der Waals surface area (Å²) in [6.07, 6.45) is 3.20. The van der Waals surface area contributed by atoms with E-state index in [0.717, 1.165) is 25.8 Å². The highest BCUT2D eigenvalue weighted by Crippen LogP contribution is 2.21. The standard InChI is InChI=1S/C16H17FN2O/c1-11-5-2-3-10-19(11)16(20)14-9-8-12-6-4-7-13(17)15(12)18-14/h4,6-9,11H,2-3,5,10H2,1H3. The molecule has 2 aromatic rings. The molecule has 20 heavy (non-hydrogen) atoms. The number of rotatable bonds is 1. The van der Waals surface area contributed by atoms with E-state index in [1.807, 2.05) is 4.90 Å². The average Bonchev–Trinajstić information content (AvgIpc) is 2.47. The van der Waals surface area contributed by atoms with Crippen molar-refractivity contribution in [1.82, 2.24) is 9.88 Å². The minimum atomic E-state index is -0.385. The highest BCUT2D eigenvalue weighted by atomic mass is 19.1. The fourth-order valence-corrected chi connectivity index (χ4v) is 2.78. The van der Waals surface area contributed by atoms with Gasteiger partial charge in [-0.05, 0) is 38.3 Å². The zero-order valence-electron chi connectivity index (χ0n) is 11.5. The molecule has 1 aromatic heterocycles. The first-order valence-corrected chi connectivity index (χ1v) is 7.03. The molecule has 0 radical (unpaired) electrons. The smallest absolute Gasteiger partial charge is 0.272 e. The second-order valence-corrected chi connectivity index (χ2v) is 5.35. The van der Waals surface area contributed by atoms with E-state index in [-0.39, 0.29) is 23.3 Å². The van der Waals surface area contributed by atoms with Crippen molar-refractivity contribution in [3.8, 4) is 0 Å². The van der Waals surface area contributed by atoms with Crippen LogP contribution in [0.3, 0.4) is 0 Å². The lowest BCUT2D eigenvalue weighted by Crippen LogP contribution is -2.42. The Hall–Kier alpha value is -1.97. The summed E-state index contributed by atoms with van der Waals surface area (Å²) in [5.74, 6) is -0.480. The first-order valence-electron chi connectivity index (χ1n) is 7.03. The lowest BCUT2D eigenvalue weighted by Gasteiger charge is -2.33. The molecule has 0 N–H and O–H groups in total. The number of piperidine rings is 1. The van der Waals surface area contributed by atoms with Crippen molar-refractivity contribution in [3.63, 3.8) is 0 Å². The monoisotopic (exact) mass is 272 g/mol. The summed E-state index contributed by atoms with van der Waals surface area (Å²) < 4.78 is 13.8. The summed E-state index contributed by atoms with van der Waals surface area (Å²) >= 11 is 0. The third-order valence-corrected chi connectivity index (χ3v) is 3.95. The molecular formula is C16H17FN2O. The molecular weight excluding hydrogens is 255 g/mol. The fraction of sp³-hybridized carbons (Fsp3) is 0.375. The van der Waals surface area contributed by atoms with Gasteiger partial charge >= 0.3 is 0 Å². The molecule has 3 nitrogen and oxygen atoms in total. The molecule has 1 atom stereocenters. The van der Waals surface area contributed by atoms with Crippen LogP contribution in [0.15, 0.2) is 30.3 Å². The van der Waals surface area contributed by atoms with Crippen LogP contribution in [0, 0.1) is 5.82 Å². The average molecular weight is 272 g/mol. The first kappa shape index (κ1) is 13.0. The molecule has 104 valence electrons. The molecule has 1 aliphatic heterocycles. The van der Waals surface area contributed by atoms with Crippen LogP contribution >= 0.6 is 0 Å². The molecule has 1 saturated heterocycles. The summed E-state index contributed by atoms with van der Waals surface area (Å²) in [6, 6.07) is 8.48. The molecule has 1 aliphatic rings. The maximum atomic E-state index is 13.8. The first-order chi connectivity index (χ1) is 9.66. The van der Waals surface area contributed by atoms with Gasteiger partial charge in [-0.1, -0.05) is 18.2 Å². The van der Waals surface area contributed by atoms with E-state index in [9.17, 15) is 9.18 Å². The molecule has 3 rings (SSSR count). The fourth-order valence-electron chi connectivity index (χ4n) is 2.78. The summed E-state index contributed by atoms with van der Waals surface area (Å²) in [4.78, 5) is 18.6. The van der Waals surface area contributed by atoms with Crippen LogP contribution in [0.2, 0.25) is 0 Å². The number of halogens is 1. The summed E-state index contributed by atoms with van der Waals surface area (Å²) in [5.41, 5.74) is 0.597. The number of hydrogen-bond acceptors (Lipinski definition) is 2. The van der Waals surface area contributed by atoms with Crippen molar-refractivity contribution in [3.05, 3.63) is 41.8 Å². The maximum Gasteiger partial charge on any atom is 0.272 e. The number of fused-ring (bicyclic) bond motifs is 1. The van der Waals surface area contributed by atoms with Crippen LogP contribution in [-0.2, 0) is 0 Å². The Morgan fingerprint density at radius 3 is 2.95 bits per heavy atom. The van der Waals surface area contributed by atoms with Crippen LogP contribution in [0.5, 0.6) is 0 Å². The normalized spacial score (nSPS) is 19.3. The van der Waals surface area contributed by atoms with E-state index in [2.05, 4.69) is 11.9 Å². The number of amides is 1. The van der Waals surface area contributed by atoms with Gasteiger partial charge in [-0.25, -0.2) is 9.37 Å². The minimum absolute atomic E-state index is 0.0950. The largest absolute Gasteiger partial charge is 0.335 e. The predicted octanol–water partition coefficient (Wildman–Crippen LogP) is 3.39. The number of para-hydroxylation sites is 1. The van der Waals surface area contributed by atoms with Gasteiger partial charge in [0.05, 0.1) is 0 Å². The number of carbonyl (C=O) groups is 1. The molecule has 1 amide bonds. The van der Waals surface area contributed by atoms with Crippen molar-refractivity contribution in [2.75, 3.05) is 6.54 Å². The van der Waals surface area contributed by atoms with Gasteiger partial charge in [-0.2, -0.15) is 0 Å². The Morgan fingerprint density at radius 1 is 1.30 bits per heavy atom. The number of benzene rings is 1. The van der Waals surface area contributed by atoms with E-state index in [1.54, 1.807) is 24.3 Å². The third kappa shape index (κ3) is 2.26. The Balaban J connectivity index is 1.97. The summed E-state index contributed by atoms with van der Waals surface area (Å²) in [7, 11) is 0. The maximum absolute atomic E-state index is 13.8. The predicted molar refractivity (Wildman–Crippen MR) is 76.1 cm³/mol. The molecule has 1 aromatic carbocycles. The molecule has 0 aliphatic carbocycles. The van der Waals surface area contributed by atoms with Crippen LogP contribution in [0.25, 0.3) is 10.9 Å². The lowest BCUT2D eigenvalue weighted by molar-refractivity contribution is 0.0630. The van der Waals surface area contributed by atoms with Crippen molar-refractivity contribution in [2.45, 2.75) is 32.2 Å². The van der Waals surface area contributed by atoms with Crippen molar-refractivity contribution in [1.29, 1.82) is 0 Å². The van der Waals surface area contributed by atoms with Crippen LogP contribution in [0.4, 0.5) is 4.39 Å². The molecule has 1 unspecified atom stereocenters. The van der Waals surface area contributed by atoms with Gasteiger partial charge in [0, 0.05) is 18.0 Å². The lowest BCUT2D eigenvalue weighted by atomic mass is 10.0. The van der Waals surface area contributed by atoms with Crippen LogP contribution in [-0.4, -0.2) is 28.4 Å². The Kier molecular flexibility index (Phi) is 3.38. The minimum Gasteiger partial charge on any atom is -0.335 e. The quantitative estimate of drug-likeness (QED) is 0.797. The number of carbonyl (C=O) groups excluding carboxylic acids is 1. The van der Waals surface area contributed by atoms with Gasteiger partial charge in [-0.15, -0.1) is 0 Å². The van der Waals surface area contributed by atoms with E-state index in [0.29, 0.717) is 11.1 Å². The van der Waals surface area contributed by atoms with Gasteiger partial charge in [0.15, 0.2) is 0 Å². The number of pyridine rings is 1.